The van der Waals surface area contributed by atoms with Crippen molar-refractivity contribution in [2.75, 3.05) is 0 Å². The van der Waals surface area contributed by atoms with Crippen molar-refractivity contribution in [3.63, 3.8) is 0 Å². The van der Waals surface area contributed by atoms with Crippen LogP contribution in [0.2, 0.25) is 0 Å². The van der Waals surface area contributed by atoms with Gasteiger partial charge >= 0.3 is 0 Å². The van der Waals surface area contributed by atoms with Crippen LogP contribution in [0, 0.1) is 5.82 Å². The molecule has 0 aliphatic carbocycles. The molecule has 4 heteroatoms. The average molecular weight is 197 g/mol. The molecule has 0 aromatic heterocycles. The van der Waals surface area contributed by atoms with Crippen LogP contribution < -0.4 is 5.73 Å². The van der Waals surface area contributed by atoms with Gasteiger partial charge in [0.25, 0.3) is 0 Å². The Hall–Kier alpha value is -1.58. The van der Waals surface area contributed by atoms with E-state index in [4.69, 9.17) is 10.8 Å². The molecule has 76 valence electrons. The van der Waals surface area contributed by atoms with Crippen LogP contribution in [0.3, 0.4) is 0 Å². The average Bonchev–Trinajstić information content (AvgIpc) is 2.02. The molecule has 14 heavy (non-hydrogen) atoms. The van der Waals surface area contributed by atoms with E-state index in [1.807, 2.05) is 0 Å². The Morgan fingerprint density at radius 2 is 2.07 bits per heavy atom. The Kier molecular flexibility index (Phi) is 2.47. The van der Waals surface area contributed by atoms with Crippen molar-refractivity contribution >= 4 is 5.91 Å². The van der Waals surface area contributed by atoms with Crippen molar-refractivity contribution in [1.29, 1.82) is 0 Å². The molecule has 0 atom stereocenters. The van der Waals surface area contributed by atoms with Gasteiger partial charge in [-0.2, -0.15) is 0 Å². The molecule has 3 N–H and O–H groups in total. The maximum absolute atomic E-state index is 13.3. The van der Waals surface area contributed by atoms with Crippen LogP contribution in [0.4, 0.5) is 4.39 Å². The molecule has 3 nitrogen and oxygen atoms in total. The van der Waals surface area contributed by atoms with E-state index in [0.29, 0.717) is 0 Å². The zero-order valence-electron chi connectivity index (χ0n) is 8.04. The number of nitrogens with two attached hydrogens (primary N) is 1. The number of amides is 1. The van der Waals surface area contributed by atoms with E-state index < -0.39 is 17.1 Å². The maximum atomic E-state index is 13.3. The summed E-state index contributed by atoms with van der Waals surface area (Å²) in [4.78, 5) is 11.1. The molecule has 0 unspecified atom stereocenters. The molecule has 1 aromatic rings. The lowest BCUT2D eigenvalue weighted by Crippen LogP contribution is -2.36. The first kappa shape index (κ1) is 10.5. The van der Waals surface area contributed by atoms with Crippen LogP contribution in [0.15, 0.2) is 18.2 Å². The monoisotopic (exact) mass is 197 g/mol. The molecule has 0 saturated heterocycles. The highest BCUT2D eigenvalue weighted by Crippen LogP contribution is 2.27. The fourth-order valence-electron chi connectivity index (χ4n) is 1.14. The number of primary amides is 1. The molecule has 1 amide bonds. The van der Waals surface area contributed by atoms with Gasteiger partial charge in [0.1, 0.15) is 11.6 Å². The summed E-state index contributed by atoms with van der Waals surface area (Å²) in [7, 11) is 0. The third-order valence-electron chi connectivity index (χ3n) is 2.24. The maximum Gasteiger partial charge on any atom is 0.227 e. The number of phenols is 1. The third-order valence-corrected chi connectivity index (χ3v) is 2.24. The first-order valence-corrected chi connectivity index (χ1v) is 4.14. The predicted octanol–water partition coefficient (Wildman–Crippen LogP) is 1.29. The van der Waals surface area contributed by atoms with E-state index in [1.165, 1.54) is 26.0 Å². The molecule has 0 spiro atoms. The summed E-state index contributed by atoms with van der Waals surface area (Å²) in [5.41, 5.74) is 4.25. The topological polar surface area (TPSA) is 63.3 Å². The summed E-state index contributed by atoms with van der Waals surface area (Å²) in [6.07, 6.45) is 0. The third kappa shape index (κ3) is 1.69. The highest BCUT2D eigenvalue weighted by molar-refractivity contribution is 5.85. The van der Waals surface area contributed by atoms with Gasteiger partial charge in [0, 0.05) is 11.6 Å². The van der Waals surface area contributed by atoms with Gasteiger partial charge in [-0.05, 0) is 19.9 Å². The summed E-state index contributed by atoms with van der Waals surface area (Å²) >= 11 is 0. The van der Waals surface area contributed by atoms with Gasteiger partial charge in [-0.1, -0.05) is 6.07 Å². The van der Waals surface area contributed by atoms with E-state index in [0.717, 1.165) is 6.07 Å². The van der Waals surface area contributed by atoms with Crippen molar-refractivity contribution in [3.8, 4) is 5.75 Å². The largest absolute Gasteiger partial charge is 0.508 e. The van der Waals surface area contributed by atoms with Crippen molar-refractivity contribution in [2.45, 2.75) is 19.3 Å². The van der Waals surface area contributed by atoms with Crippen LogP contribution >= 0.6 is 0 Å². The van der Waals surface area contributed by atoms with Crippen molar-refractivity contribution in [1.82, 2.24) is 0 Å². The van der Waals surface area contributed by atoms with E-state index in [9.17, 15) is 9.18 Å². The Bertz CT molecular complexity index is 374. The molecule has 0 radical (unpaired) electrons. The molecule has 1 rings (SSSR count). The second-order valence-corrected chi connectivity index (χ2v) is 3.65. The summed E-state index contributed by atoms with van der Waals surface area (Å²) < 4.78 is 13.3. The van der Waals surface area contributed by atoms with Crippen molar-refractivity contribution in [2.24, 2.45) is 5.73 Å². The Morgan fingerprint density at radius 1 is 1.50 bits per heavy atom. The number of hydrogen-bond acceptors (Lipinski definition) is 2. The highest BCUT2D eigenvalue weighted by Gasteiger charge is 2.30. The normalized spacial score (nSPS) is 11.4. The molecule has 0 aliphatic heterocycles. The van der Waals surface area contributed by atoms with Gasteiger partial charge in [0.2, 0.25) is 5.91 Å². The molecular weight excluding hydrogens is 185 g/mol. The minimum atomic E-state index is -1.07. The fourth-order valence-corrected chi connectivity index (χ4v) is 1.14. The number of carbonyl (C=O) groups excluding carboxylic acids is 1. The Labute approximate surface area is 81.4 Å². The predicted molar refractivity (Wildman–Crippen MR) is 50.3 cm³/mol. The van der Waals surface area contributed by atoms with Crippen molar-refractivity contribution in [3.05, 3.63) is 29.6 Å². The minimum Gasteiger partial charge on any atom is -0.508 e. The number of phenolic OH excluding ortho intramolecular Hbond substituents is 1. The SMILES string of the molecule is CC(C)(C(N)=O)c1ccc(O)cc1F. The number of carbonyl (C=O) groups is 1. The van der Waals surface area contributed by atoms with Crippen molar-refractivity contribution < 1.29 is 14.3 Å². The minimum absolute atomic E-state index is 0.175. The number of aromatic hydroxyl groups is 1. The summed E-state index contributed by atoms with van der Waals surface area (Å²) in [6.45, 7) is 3.07. The van der Waals surface area contributed by atoms with E-state index in [2.05, 4.69) is 0 Å². The summed E-state index contributed by atoms with van der Waals surface area (Å²) in [5.74, 6) is -1.41. The molecule has 0 heterocycles. The van der Waals surface area contributed by atoms with Gasteiger partial charge in [-0.3, -0.25) is 4.79 Å². The Morgan fingerprint density at radius 3 is 2.50 bits per heavy atom. The number of benzene rings is 1. The second kappa shape index (κ2) is 3.29. The smallest absolute Gasteiger partial charge is 0.227 e. The van der Waals surface area contributed by atoms with Gasteiger partial charge in [0.05, 0.1) is 5.41 Å². The Balaban J connectivity index is 3.26. The zero-order chi connectivity index (χ0) is 10.9. The van der Waals surface area contributed by atoms with E-state index in [1.54, 1.807) is 0 Å². The molecule has 0 bridgehead atoms. The van der Waals surface area contributed by atoms with Gasteiger partial charge < -0.3 is 10.8 Å². The van der Waals surface area contributed by atoms with Crippen LogP contribution in [-0.2, 0) is 10.2 Å². The van der Waals surface area contributed by atoms with E-state index >= 15 is 0 Å². The first-order valence-electron chi connectivity index (χ1n) is 4.14. The lowest BCUT2D eigenvalue weighted by Gasteiger charge is -2.21. The number of halogens is 1. The lowest BCUT2D eigenvalue weighted by atomic mass is 9.83. The van der Waals surface area contributed by atoms with E-state index in [-0.39, 0.29) is 11.3 Å². The summed E-state index contributed by atoms with van der Waals surface area (Å²) in [5, 5.41) is 8.99. The van der Waals surface area contributed by atoms with Crippen LogP contribution in [-0.4, -0.2) is 11.0 Å². The zero-order valence-corrected chi connectivity index (χ0v) is 8.04. The lowest BCUT2D eigenvalue weighted by molar-refractivity contribution is -0.122. The first-order chi connectivity index (χ1) is 6.35. The van der Waals surface area contributed by atoms with Gasteiger partial charge in [-0.25, -0.2) is 4.39 Å². The number of hydrogen-bond donors (Lipinski definition) is 2. The number of rotatable bonds is 2. The summed E-state index contributed by atoms with van der Waals surface area (Å²) in [6, 6.07) is 3.64. The fraction of sp³-hybridized carbons (Fsp3) is 0.300. The molecule has 0 aliphatic rings. The molecule has 0 fully saturated rings. The van der Waals surface area contributed by atoms with Crippen LogP contribution in [0.1, 0.15) is 19.4 Å². The van der Waals surface area contributed by atoms with Gasteiger partial charge in [-0.15, -0.1) is 0 Å². The van der Waals surface area contributed by atoms with Crippen LogP contribution in [0.25, 0.3) is 0 Å². The second-order valence-electron chi connectivity index (χ2n) is 3.65. The molecule has 1 aromatic carbocycles. The molecular formula is C10H12FNO2. The van der Waals surface area contributed by atoms with Crippen LogP contribution in [0.5, 0.6) is 5.75 Å². The van der Waals surface area contributed by atoms with Gasteiger partial charge in [0.15, 0.2) is 0 Å². The standard InChI is InChI=1S/C10H12FNO2/c1-10(2,9(12)14)7-4-3-6(13)5-8(7)11/h3-5,13H,1-2H3,(H2,12,14). The quantitative estimate of drug-likeness (QED) is 0.750. The molecule has 0 saturated carbocycles. The highest BCUT2D eigenvalue weighted by atomic mass is 19.1.